The second-order valence-electron chi connectivity index (χ2n) is 5.11. The summed E-state index contributed by atoms with van der Waals surface area (Å²) in [4.78, 5) is 4.17. The molecule has 4 aromatic rings. The highest BCUT2D eigenvalue weighted by Gasteiger charge is 2.16. The van der Waals surface area contributed by atoms with Gasteiger partial charge in [-0.3, -0.25) is 4.98 Å². The largest absolute Gasteiger partial charge is 0.464 e. The number of nitrogens with two attached hydrogens (primary N) is 1. The molecule has 2 N–H and O–H groups in total. The monoisotopic (exact) mass is 274 g/mol. The van der Waals surface area contributed by atoms with Crippen LogP contribution in [0.1, 0.15) is 17.2 Å². The molecule has 1 unspecified atom stereocenters. The minimum atomic E-state index is -0.222. The summed E-state index contributed by atoms with van der Waals surface area (Å²) in [7, 11) is 0. The van der Waals surface area contributed by atoms with Crippen LogP contribution in [0.15, 0.2) is 71.6 Å². The van der Waals surface area contributed by atoms with Gasteiger partial charge in [-0.1, -0.05) is 36.4 Å². The van der Waals surface area contributed by atoms with Crippen molar-refractivity contribution in [1.29, 1.82) is 0 Å². The van der Waals surface area contributed by atoms with Crippen LogP contribution in [0.25, 0.3) is 21.7 Å². The molecule has 102 valence electrons. The Morgan fingerprint density at radius 2 is 1.81 bits per heavy atom. The van der Waals surface area contributed by atoms with E-state index >= 15 is 0 Å². The van der Waals surface area contributed by atoms with E-state index in [4.69, 9.17) is 10.2 Å². The van der Waals surface area contributed by atoms with Crippen LogP contribution in [0.3, 0.4) is 0 Å². The Kier molecular flexibility index (Phi) is 2.72. The summed E-state index contributed by atoms with van der Waals surface area (Å²) in [6.07, 6.45) is 5.42. The second kappa shape index (κ2) is 4.72. The number of aromatic nitrogens is 1. The van der Waals surface area contributed by atoms with Gasteiger partial charge in [-0.25, -0.2) is 0 Å². The number of rotatable bonds is 2. The van der Waals surface area contributed by atoms with Gasteiger partial charge in [0.15, 0.2) is 0 Å². The average Bonchev–Trinajstić information content (AvgIpc) is 2.98. The summed E-state index contributed by atoms with van der Waals surface area (Å²) >= 11 is 0. The van der Waals surface area contributed by atoms with E-state index in [2.05, 4.69) is 11.1 Å². The lowest BCUT2D eigenvalue weighted by Crippen LogP contribution is -2.11. The number of nitrogens with zero attached hydrogens (tertiary/aromatic N) is 1. The van der Waals surface area contributed by atoms with E-state index in [0.29, 0.717) is 0 Å². The van der Waals surface area contributed by atoms with E-state index in [9.17, 15) is 0 Å². The third-order valence-electron chi connectivity index (χ3n) is 3.90. The van der Waals surface area contributed by atoms with Crippen molar-refractivity contribution in [2.75, 3.05) is 0 Å². The van der Waals surface area contributed by atoms with E-state index in [1.54, 1.807) is 12.5 Å². The average molecular weight is 274 g/mol. The Balaban J connectivity index is 1.92. The highest BCUT2D eigenvalue weighted by molar-refractivity contribution is 5.87. The molecular formula is C18H14N2O. The number of fused-ring (bicyclic) bond motifs is 2. The summed E-state index contributed by atoms with van der Waals surface area (Å²) in [5, 5.41) is 3.29. The molecule has 2 heterocycles. The summed E-state index contributed by atoms with van der Waals surface area (Å²) in [5.74, 6) is 0. The zero-order valence-electron chi connectivity index (χ0n) is 11.4. The molecule has 2 aromatic heterocycles. The molecule has 4 rings (SSSR count). The SMILES string of the molecule is NC(c1cccc2cnccc12)c1coc2ccccc12. The van der Waals surface area contributed by atoms with Gasteiger partial charge in [0.1, 0.15) is 5.58 Å². The van der Waals surface area contributed by atoms with Crippen LogP contribution in [0.2, 0.25) is 0 Å². The molecule has 0 saturated carbocycles. The van der Waals surface area contributed by atoms with Gasteiger partial charge < -0.3 is 10.2 Å². The highest BCUT2D eigenvalue weighted by Crippen LogP contribution is 2.32. The predicted octanol–water partition coefficient (Wildman–Crippen LogP) is 4.03. The third-order valence-corrected chi connectivity index (χ3v) is 3.90. The Hall–Kier alpha value is -2.65. The maximum Gasteiger partial charge on any atom is 0.134 e. The third kappa shape index (κ3) is 1.90. The Morgan fingerprint density at radius 3 is 2.76 bits per heavy atom. The van der Waals surface area contributed by atoms with Crippen LogP contribution in [0.5, 0.6) is 0 Å². The molecule has 21 heavy (non-hydrogen) atoms. The standard InChI is InChI=1S/C18H14N2O/c19-18(16-11-21-17-7-2-1-5-14(16)17)15-6-3-4-12-10-20-9-8-13(12)15/h1-11,18H,19H2. The van der Waals surface area contributed by atoms with E-state index < -0.39 is 0 Å². The van der Waals surface area contributed by atoms with E-state index in [-0.39, 0.29) is 6.04 Å². The lowest BCUT2D eigenvalue weighted by molar-refractivity contribution is 0.607. The first-order valence-electron chi connectivity index (χ1n) is 6.89. The number of pyridine rings is 1. The first-order valence-corrected chi connectivity index (χ1v) is 6.89. The number of hydrogen-bond donors (Lipinski definition) is 1. The molecule has 3 nitrogen and oxygen atoms in total. The van der Waals surface area contributed by atoms with Gasteiger partial charge in [0.05, 0.1) is 12.3 Å². The number of hydrogen-bond acceptors (Lipinski definition) is 3. The van der Waals surface area contributed by atoms with Gasteiger partial charge in [-0.05, 0) is 23.1 Å². The van der Waals surface area contributed by atoms with Gasteiger partial charge in [0, 0.05) is 28.7 Å². The summed E-state index contributed by atoms with van der Waals surface area (Å²) in [5.41, 5.74) is 9.47. The summed E-state index contributed by atoms with van der Waals surface area (Å²) in [6, 6.07) is 15.9. The predicted molar refractivity (Wildman–Crippen MR) is 84.0 cm³/mol. The molecule has 0 aliphatic rings. The molecule has 0 radical (unpaired) electrons. The molecule has 2 aromatic carbocycles. The van der Waals surface area contributed by atoms with Crippen LogP contribution in [-0.4, -0.2) is 4.98 Å². The van der Waals surface area contributed by atoms with E-state index in [0.717, 1.165) is 32.9 Å². The summed E-state index contributed by atoms with van der Waals surface area (Å²) < 4.78 is 5.61. The molecule has 0 aliphatic carbocycles. The number of furan rings is 1. The maximum atomic E-state index is 6.51. The topological polar surface area (TPSA) is 52.0 Å². The van der Waals surface area contributed by atoms with Gasteiger partial charge in [-0.15, -0.1) is 0 Å². The molecule has 0 fully saturated rings. The van der Waals surface area contributed by atoms with Gasteiger partial charge in [0.2, 0.25) is 0 Å². The number of benzene rings is 2. The fraction of sp³-hybridized carbons (Fsp3) is 0.0556. The molecule has 1 atom stereocenters. The molecule has 0 aliphatic heterocycles. The quantitative estimate of drug-likeness (QED) is 0.600. The molecule has 0 bridgehead atoms. The molecule has 0 saturated heterocycles. The fourth-order valence-electron chi connectivity index (χ4n) is 2.83. The fourth-order valence-corrected chi connectivity index (χ4v) is 2.83. The van der Waals surface area contributed by atoms with Crippen molar-refractivity contribution in [3.8, 4) is 0 Å². The Bertz CT molecular complexity index is 921. The van der Waals surface area contributed by atoms with E-state index in [1.807, 2.05) is 48.7 Å². The molecule has 0 amide bonds. The van der Waals surface area contributed by atoms with Crippen molar-refractivity contribution < 1.29 is 4.42 Å². The zero-order chi connectivity index (χ0) is 14.2. The Labute approximate surface area is 122 Å². The minimum Gasteiger partial charge on any atom is -0.464 e. The van der Waals surface area contributed by atoms with Crippen molar-refractivity contribution in [3.05, 3.63) is 78.3 Å². The van der Waals surface area contributed by atoms with Crippen LogP contribution in [0, 0.1) is 0 Å². The molecular weight excluding hydrogens is 260 g/mol. The van der Waals surface area contributed by atoms with Crippen LogP contribution in [0.4, 0.5) is 0 Å². The first-order chi connectivity index (χ1) is 10.3. The normalized spacial score (nSPS) is 12.8. The van der Waals surface area contributed by atoms with Crippen molar-refractivity contribution in [2.45, 2.75) is 6.04 Å². The van der Waals surface area contributed by atoms with Gasteiger partial charge >= 0.3 is 0 Å². The lowest BCUT2D eigenvalue weighted by Gasteiger charge is -2.13. The number of para-hydroxylation sites is 1. The van der Waals surface area contributed by atoms with Gasteiger partial charge in [0.25, 0.3) is 0 Å². The molecule has 3 heteroatoms. The smallest absolute Gasteiger partial charge is 0.134 e. The van der Waals surface area contributed by atoms with Crippen molar-refractivity contribution in [2.24, 2.45) is 5.73 Å². The Morgan fingerprint density at radius 1 is 0.905 bits per heavy atom. The molecule has 0 spiro atoms. The van der Waals surface area contributed by atoms with E-state index in [1.165, 1.54) is 0 Å². The minimum absolute atomic E-state index is 0.222. The maximum absolute atomic E-state index is 6.51. The van der Waals surface area contributed by atoms with Crippen LogP contribution >= 0.6 is 0 Å². The first kappa shape index (κ1) is 12.1. The van der Waals surface area contributed by atoms with Crippen molar-refractivity contribution >= 4 is 21.7 Å². The van der Waals surface area contributed by atoms with Crippen LogP contribution < -0.4 is 5.73 Å². The lowest BCUT2D eigenvalue weighted by atomic mass is 9.95. The van der Waals surface area contributed by atoms with Crippen molar-refractivity contribution in [1.82, 2.24) is 4.98 Å². The zero-order valence-corrected chi connectivity index (χ0v) is 11.4. The second-order valence-corrected chi connectivity index (χ2v) is 5.11. The van der Waals surface area contributed by atoms with Gasteiger partial charge in [-0.2, -0.15) is 0 Å². The highest BCUT2D eigenvalue weighted by atomic mass is 16.3. The van der Waals surface area contributed by atoms with Crippen LogP contribution in [-0.2, 0) is 0 Å². The summed E-state index contributed by atoms with van der Waals surface area (Å²) in [6.45, 7) is 0. The van der Waals surface area contributed by atoms with Crippen molar-refractivity contribution in [3.63, 3.8) is 0 Å².